The Kier molecular flexibility index (Phi) is 20.4. The second-order valence-electron chi connectivity index (χ2n) is 14.5. The summed E-state index contributed by atoms with van der Waals surface area (Å²) < 4.78 is 90.8. The van der Waals surface area contributed by atoms with Crippen LogP contribution in [0.25, 0.3) is 0 Å². The van der Waals surface area contributed by atoms with E-state index in [1.807, 2.05) is 0 Å². The van der Waals surface area contributed by atoms with Gasteiger partial charge in [-0.05, 0) is 0 Å². The molecule has 3 saturated heterocycles. The minimum absolute atomic E-state index is 0.617. The maximum absolute atomic E-state index is 12.9. The Morgan fingerprint density at radius 3 is 0.815 bits per heavy atom. The second kappa shape index (κ2) is 24.7. The number of methoxy groups -OCH3 is 1. The van der Waals surface area contributed by atoms with Crippen molar-refractivity contribution >= 4 is 59.7 Å². The summed E-state index contributed by atoms with van der Waals surface area (Å²) in [6.45, 7) is 8.01. The maximum atomic E-state index is 12.9. The minimum atomic E-state index is -1.98. The lowest BCUT2D eigenvalue weighted by molar-refractivity contribution is -0.379. The Balaban J connectivity index is 2.29. The molecule has 3 heterocycles. The Bertz CT molecular complexity index is 1750. The van der Waals surface area contributed by atoms with E-state index in [-0.39, 0.29) is 0 Å². The van der Waals surface area contributed by atoms with Gasteiger partial charge in [0, 0.05) is 76.3 Å². The molecule has 0 N–H and O–H groups in total. The fourth-order valence-corrected chi connectivity index (χ4v) is 6.95. The monoisotopic (exact) mass is 938 g/mol. The third kappa shape index (κ3) is 16.1. The van der Waals surface area contributed by atoms with Crippen molar-refractivity contribution < 1.29 is 124 Å². The second-order valence-corrected chi connectivity index (χ2v) is 14.5. The quantitative estimate of drug-likeness (QED) is 0.115. The van der Waals surface area contributed by atoms with Gasteiger partial charge < -0.3 is 75.8 Å². The van der Waals surface area contributed by atoms with E-state index < -0.39 is 172 Å². The molecule has 3 rings (SSSR count). The van der Waals surface area contributed by atoms with E-state index in [1.165, 1.54) is 7.11 Å². The van der Waals surface area contributed by atoms with Crippen LogP contribution in [0.3, 0.4) is 0 Å². The molecule has 26 heteroatoms. The molecule has 26 nitrogen and oxygen atoms in total. The van der Waals surface area contributed by atoms with Gasteiger partial charge in [0.2, 0.25) is 0 Å². The first-order chi connectivity index (χ1) is 30.4. The Labute approximate surface area is 371 Å². The first kappa shape index (κ1) is 53.8. The van der Waals surface area contributed by atoms with Gasteiger partial charge in [0.05, 0.1) is 0 Å². The van der Waals surface area contributed by atoms with Crippen molar-refractivity contribution in [1.29, 1.82) is 0 Å². The van der Waals surface area contributed by atoms with Gasteiger partial charge in [0.15, 0.2) is 61.6 Å². The topological polar surface area (TPSA) is 318 Å². The SMILES string of the molecule is CO[C@H]1O[C@H](COC(C)=O)[C@@H](O[C@H]2O[C@H](COC(C)=O)[C@@H](O[C@H]3O[C@H](COC(C)=O)[C@@H](OC(C)=O)[C@H](OC(C)=O)[C@H]3OC(C)=O)[C@H](OC(C)=O)[C@H]2OC(C)=O)[C@H](OC(C)=O)[C@H]1OC(C)=O. The van der Waals surface area contributed by atoms with Gasteiger partial charge in [-0.3, -0.25) is 47.9 Å². The number of rotatable bonds is 18. The molecular weight excluding hydrogens is 884 g/mol. The highest BCUT2D eigenvalue weighted by Crippen LogP contribution is 2.38. The van der Waals surface area contributed by atoms with E-state index in [0.29, 0.717) is 0 Å². The van der Waals surface area contributed by atoms with Gasteiger partial charge in [0.1, 0.15) is 50.3 Å². The molecule has 3 fully saturated rings. The lowest BCUT2D eigenvalue weighted by Gasteiger charge is -2.50. The number of hydrogen-bond donors (Lipinski definition) is 0. The average molecular weight is 939 g/mol. The molecule has 0 unspecified atom stereocenters. The van der Waals surface area contributed by atoms with Crippen LogP contribution in [0.15, 0.2) is 0 Å². The van der Waals surface area contributed by atoms with Gasteiger partial charge in [-0.15, -0.1) is 0 Å². The van der Waals surface area contributed by atoms with Crippen LogP contribution in [-0.2, 0) is 124 Å². The third-order valence-corrected chi connectivity index (χ3v) is 9.06. The zero-order chi connectivity index (χ0) is 48.9. The molecule has 0 saturated carbocycles. The van der Waals surface area contributed by atoms with Crippen molar-refractivity contribution in [2.24, 2.45) is 0 Å². The standard InChI is InChI=1S/C39H54O26/c1-15(40)51-12-25-28(54-18(4)43)31(55-19(5)44)35(59-23(9)48)38(62-25)65-30-27(14-53-17(3)42)63-39(36(60-24(10)49)33(30)57-21(7)46)64-29-26(13-52-16(2)41)61-37(50-11)34(58-22(8)47)32(29)56-20(6)45/h25-39H,12-14H2,1-11H3/t25-,26-,27-,28-,29-,30-,31+,32+,33+,34-,35-,36-,37+,38-,39-/m1/s1. The zero-order valence-corrected chi connectivity index (χ0v) is 37.4. The van der Waals surface area contributed by atoms with Crippen LogP contribution in [0, 0.1) is 0 Å². The van der Waals surface area contributed by atoms with Crippen LogP contribution < -0.4 is 0 Å². The third-order valence-electron chi connectivity index (χ3n) is 9.06. The fourth-order valence-electron chi connectivity index (χ4n) is 6.95. The van der Waals surface area contributed by atoms with E-state index in [4.69, 9.17) is 75.8 Å². The molecule has 0 aliphatic carbocycles. The molecule has 0 bridgehead atoms. The summed E-state index contributed by atoms with van der Waals surface area (Å²) in [5.74, 6) is -9.32. The molecule has 3 aliphatic heterocycles. The van der Waals surface area contributed by atoms with E-state index in [1.54, 1.807) is 0 Å². The van der Waals surface area contributed by atoms with E-state index >= 15 is 0 Å². The molecule has 0 amide bonds. The summed E-state index contributed by atoms with van der Waals surface area (Å²) in [5, 5.41) is 0. The summed E-state index contributed by atoms with van der Waals surface area (Å²) >= 11 is 0. The molecule has 3 aliphatic rings. The van der Waals surface area contributed by atoms with Crippen molar-refractivity contribution in [3.05, 3.63) is 0 Å². The van der Waals surface area contributed by atoms with Crippen LogP contribution >= 0.6 is 0 Å². The van der Waals surface area contributed by atoms with Crippen LogP contribution in [-0.4, -0.2) is 179 Å². The number of hydrogen-bond acceptors (Lipinski definition) is 26. The summed E-state index contributed by atoms with van der Waals surface area (Å²) in [4.78, 5) is 124. The van der Waals surface area contributed by atoms with Gasteiger partial charge in [0.25, 0.3) is 0 Å². The normalized spacial score (nSPS) is 32.0. The van der Waals surface area contributed by atoms with Crippen LogP contribution in [0.4, 0.5) is 0 Å². The number of carbonyl (C=O) groups is 10. The predicted octanol–water partition coefficient (Wildman–Crippen LogP) is -1.21. The van der Waals surface area contributed by atoms with E-state index in [2.05, 4.69) is 0 Å². The lowest BCUT2D eigenvalue weighted by Crippen LogP contribution is -2.69. The molecule has 0 radical (unpaired) electrons. The number of carbonyl (C=O) groups excluding carboxylic acids is 10. The van der Waals surface area contributed by atoms with Crippen LogP contribution in [0.5, 0.6) is 0 Å². The van der Waals surface area contributed by atoms with Crippen LogP contribution in [0.1, 0.15) is 69.2 Å². The van der Waals surface area contributed by atoms with Crippen molar-refractivity contribution in [3.8, 4) is 0 Å². The fraction of sp³-hybridized carbons (Fsp3) is 0.744. The molecule has 15 atom stereocenters. The smallest absolute Gasteiger partial charge is 0.303 e. The van der Waals surface area contributed by atoms with Crippen molar-refractivity contribution in [2.75, 3.05) is 26.9 Å². The molecule has 65 heavy (non-hydrogen) atoms. The predicted molar refractivity (Wildman–Crippen MR) is 202 cm³/mol. The zero-order valence-electron chi connectivity index (χ0n) is 37.4. The largest absolute Gasteiger partial charge is 0.463 e. The highest BCUT2D eigenvalue weighted by atomic mass is 16.8. The van der Waals surface area contributed by atoms with Crippen molar-refractivity contribution in [1.82, 2.24) is 0 Å². The lowest BCUT2D eigenvalue weighted by atomic mass is 9.95. The first-order valence-electron chi connectivity index (χ1n) is 19.8. The summed E-state index contributed by atoms with van der Waals surface area (Å²) in [6.07, 6.45) is -25.9. The molecular formula is C39H54O26. The maximum Gasteiger partial charge on any atom is 0.303 e. The summed E-state index contributed by atoms with van der Waals surface area (Å²) in [5.41, 5.74) is 0. The van der Waals surface area contributed by atoms with Gasteiger partial charge in [-0.2, -0.15) is 0 Å². The van der Waals surface area contributed by atoms with Crippen molar-refractivity contribution in [2.45, 2.75) is 161 Å². The summed E-state index contributed by atoms with van der Waals surface area (Å²) in [6, 6.07) is 0. The Hall–Kier alpha value is -5.54. The Morgan fingerprint density at radius 1 is 0.308 bits per heavy atom. The van der Waals surface area contributed by atoms with Gasteiger partial charge in [-0.25, -0.2) is 0 Å². The number of ether oxygens (including phenoxy) is 16. The van der Waals surface area contributed by atoms with Crippen LogP contribution in [0.2, 0.25) is 0 Å². The summed E-state index contributed by atoms with van der Waals surface area (Å²) in [7, 11) is 1.17. The Morgan fingerprint density at radius 2 is 0.538 bits per heavy atom. The highest BCUT2D eigenvalue weighted by molar-refractivity contribution is 5.70. The molecule has 366 valence electrons. The first-order valence-corrected chi connectivity index (χ1v) is 19.8. The molecule has 0 aromatic heterocycles. The van der Waals surface area contributed by atoms with Crippen molar-refractivity contribution in [3.63, 3.8) is 0 Å². The van der Waals surface area contributed by atoms with Gasteiger partial charge >= 0.3 is 59.7 Å². The van der Waals surface area contributed by atoms with E-state index in [9.17, 15) is 47.9 Å². The van der Waals surface area contributed by atoms with E-state index in [0.717, 1.165) is 69.2 Å². The number of esters is 10. The van der Waals surface area contributed by atoms with Gasteiger partial charge in [-0.1, -0.05) is 0 Å². The molecule has 0 spiro atoms. The minimum Gasteiger partial charge on any atom is -0.463 e. The highest BCUT2D eigenvalue weighted by Gasteiger charge is 2.60. The molecule has 0 aromatic rings. The molecule has 0 aromatic carbocycles. The average Bonchev–Trinajstić information content (AvgIpc) is 3.17.